The molecule has 8 nitrogen and oxygen atoms in total. The molecule has 3 aromatic carbocycles. The topological polar surface area (TPSA) is 106 Å². The van der Waals surface area contributed by atoms with E-state index in [1.165, 1.54) is 11.3 Å². The number of hydrogen-bond donors (Lipinski definition) is 1. The van der Waals surface area contributed by atoms with Crippen molar-refractivity contribution >= 4 is 29.0 Å². The van der Waals surface area contributed by atoms with E-state index in [2.05, 4.69) is 10.3 Å². The van der Waals surface area contributed by atoms with Crippen molar-refractivity contribution in [1.29, 1.82) is 5.26 Å². The van der Waals surface area contributed by atoms with Crippen molar-refractivity contribution < 1.29 is 14.3 Å². The maximum Gasteiger partial charge on any atom is 0.271 e. The lowest BCUT2D eigenvalue weighted by Gasteiger charge is -2.25. The maximum absolute atomic E-state index is 13.9. The smallest absolute Gasteiger partial charge is 0.271 e. The molecular weight excluding hydrogens is 512 g/mol. The van der Waals surface area contributed by atoms with E-state index in [-0.39, 0.29) is 18.1 Å². The minimum Gasteiger partial charge on any atom is -0.497 e. The van der Waals surface area contributed by atoms with Crippen LogP contribution in [0.15, 0.2) is 99.9 Å². The number of nitriles is 1. The summed E-state index contributed by atoms with van der Waals surface area (Å²) < 4.78 is 13.0. The number of allylic oxidation sites excluding steroid dienone is 1. The number of amides is 1. The molecule has 1 N–H and O–H groups in total. The summed E-state index contributed by atoms with van der Waals surface area (Å²) in [5.74, 6) is 0.754. The molecule has 0 fully saturated rings. The number of aromatic nitrogens is 1. The van der Waals surface area contributed by atoms with Crippen LogP contribution in [-0.4, -0.2) is 24.2 Å². The molecule has 1 aliphatic heterocycles. The van der Waals surface area contributed by atoms with Gasteiger partial charge in [-0.3, -0.25) is 14.2 Å². The van der Waals surface area contributed by atoms with E-state index in [4.69, 9.17) is 14.7 Å². The number of fused-ring (bicyclic) bond motifs is 1. The molecule has 1 aromatic heterocycles. The zero-order chi connectivity index (χ0) is 27.4. The molecule has 2 heterocycles. The van der Waals surface area contributed by atoms with E-state index in [1.807, 2.05) is 60.7 Å². The molecule has 4 aromatic rings. The number of benzene rings is 3. The van der Waals surface area contributed by atoms with Gasteiger partial charge >= 0.3 is 0 Å². The predicted octanol–water partition coefficient (Wildman–Crippen LogP) is 3.78. The Balaban J connectivity index is 1.68. The number of methoxy groups -OCH3 is 1. The molecule has 1 amide bonds. The molecule has 5 rings (SSSR count). The summed E-state index contributed by atoms with van der Waals surface area (Å²) in [7, 11) is 1.57. The molecule has 1 atom stereocenters. The quantitative estimate of drug-likeness (QED) is 0.387. The SMILES string of the molecule is COc1cccc([C@H]2C(C(=O)Nc3ccccc3)=C(C)N=c3s/c(=C\c4ccccc4OCC#N)c(=O)n32)c1. The Labute approximate surface area is 228 Å². The van der Waals surface area contributed by atoms with Gasteiger partial charge in [-0.05, 0) is 48.9 Å². The first-order valence-corrected chi connectivity index (χ1v) is 12.9. The molecule has 194 valence electrons. The van der Waals surface area contributed by atoms with Crippen molar-refractivity contribution in [3.05, 3.63) is 121 Å². The van der Waals surface area contributed by atoms with Gasteiger partial charge in [-0.1, -0.05) is 59.9 Å². The highest BCUT2D eigenvalue weighted by molar-refractivity contribution is 7.07. The summed E-state index contributed by atoms with van der Waals surface area (Å²) in [6.07, 6.45) is 1.72. The summed E-state index contributed by atoms with van der Waals surface area (Å²) in [5.41, 5.74) is 2.60. The fourth-order valence-electron chi connectivity index (χ4n) is 4.44. The summed E-state index contributed by atoms with van der Waals surface area (Å²) in [5, 5.41) is 11.9. The summed E-state index contributed by atoms with van der Waals surface area (Å²) in [6, 6.07) is 24.9. The van der Waals surface area contributed by atoms with Crippen LogP contribution in [0.1, 0.15) is 24.1 Å². The molecule has 0 bridgehead atoms. The third-order valence-corrected chi connectivity index (χ3v) is 7.19. The molecule has 0 saturated carbocycles. The van der Waals surface area contributed by atoms with Gasteiger partial charge < -0.3 is 14.8 Å². The Morgan fingerprint density at radius 3 is 2.67 bits per heavy atom. The van der Waals surface area contributed by atoms with Crippen LogP contribution in [-0.2, 0) is 4.79 Å². The molecule has 0 radical (unpaired) electrons. The normalized spacial score (nSPS) is 14.7. The third kappa shape index (κ3) is 5.23. The van der Waals surface area contributed by atoms with E-state index >= 15 is 0 Å². The molecule has 0 saturated heterocycles. The zero-order valence-electron chi connectivity index (χ0n) is 21.3. The van der Waals surface area contributed by atoms with Crippen LogP contribution in [0.4, 0.5) is 5.69 Å². The third-order valence-electron chi connectivity index (χ3n) is 6.21. The van der Waals surface area contributed by atoms with E-state index in [9.17, 15) is 9.59 Å². The van der Waals surface area contributed by atoms with Crippen LogP contribution in [0.2, 0.25) is 0 Å². The van der Waals surface area contributed by atoms with Crippen LogP contribution in [0.25, 0.3) is 6.08 Å². The first-order chi connectivity index (χ1) is 19.0. The highest BCUT2D eigenvalue weighted by Crippen LogP contribution is 2.32. The largest absolute Gasteiger partial charge is 0.497 e. The number of ether oxygens (including phenoxy) is 2. The van der Waals surface area contributed by atoms with E-state index in [0.717, 1.165) is 0 Å². The molecular formula is C30H24N4O4S. The lowest BCUT2D eigenvalue weighted by atomic mass is 9.95. The van der Waals surface area contributed by atoms with E-state index < -0.39 is 6.04 Å². The first kappa shape index (κ1) is 25.7. The Kier molecular flexibility index (Phi) is 7.39. The fourth-order valence-corrected chi connectivity index (χ4v) is 5.48. The Bertz CT molecular complexity index is 1800. The predicted molar refractivity (Wildman–Crippen MR) is 149 cm³/mol. The molecule has 39 heavy (non-hydrogen) atoms. The van der Waals surface area contributed by atoms with Gasteiger partial charge in [0.1, 0.15) is 17.6 Å². The highest BCUT2D eigenvalue weighted by atomic mass is 32.1. The maximum atomic E-state index is 13.9. The number of nitrogens with zero attached hydrogens (tertiary/aromatic N) is 3. The van der Waals surface area contributed by atoms with Gasteiger partial charge in [0.05, 0.1) is 29.0 Å². The van der Waals surface area contributed by atoms with Crippen molar-refractivity contribution in [2.75, 3.05) is 19.0 Å². The van der Waals surface area contributed by atoms with Gasteiger partial charge in [-0.15, -0.1) is 0 Å². The summed E-state index contributed by atoms with van der Waals surface area (Å²) in [4.78, 5) is 32.7. The minimum atomic E-state index is -0.729. The van der Waals surface area contributed by atoms with Crippen molar-refractivity contribution in [3.8, 4) is 17.6 Å². The van der Waals surface area contributed by atoms with Gasteiger partial charge in [-0.25, -0.2) is 4.99 Å². The molecule has 0 unspecified atom stereocenters. The fraction of sp³-hybridized carbons (Fsp3) is 0.133. The van der Waals surface area contributed by atoms with Gasteiger partial charge in [-0.2, -0.15) is 5.26 Å². The lowest BCUT2D eigenvalue weighted by Crippen LogP contribution is -2.40. The Hall–Kier alpha value is -4.94. The number of nitrogens with one attached hydrogen (secondary N) is 1. The second-order valence-corrected chi connectivity index (χ2v) is 9.67. The van der Waals surface area contributed by atoms with Crippen molar-refractivity contribution in [3.63, 3.8) is 0 Å². The van der Waals surface area contributed by atoms with Gasteiger partial charge in [0, 0.05) is 11.3 Å². The molecule has 1 aliphatic rings. The summed E-state index contributed by atoms with van der Waals surface area (Å²) >= 11 is 1.23. The average molecular weight is 537 g/mol. The van der Waals surface area contributed by atoms with Crippen LogP contribution in [0.3, 0.4) is 0 Å². The number of anilines is 1. The van der Waals surface area contributed by atoms with Crippen LogP contribution in [0.5, 0.6) is 11.5 Å². The second-order valence-electron chi connectivity index (χ2n) is 8.66. The van der Waals surface area contributed by atoms with E-state index in [0.29, 0.717) is 48.9 Å². The van der Waals surface area contributed by atoms with Crippen LogP contribution >= 0.6 is 11.3 Å². The standard InChI is InChI=1S/C30H24N4O4S/c1-19-26(28(35)33-22-11-4-3-5-12-22)27(21-10-8-13-23(17-21)37-2)34-29(36)25(39-30(34)32-19)18-20-9-6-7-14-24(20)38-16-15-31/h3-14,17-18,27H,16H2,1-2H3,(H,33,35)/b25-18-/t27-/m0/s1. The number of para-hydroxylation sites is 2. The van der Waals surface area contributed by atoms with Gasteiger partial charge in [0.2, 0.25) is 0 Å². The Morgan fingerprint density at radius 2 is 1.90 bits per heavy atom. The van der Waals surface area contributed by atoms with Gasteiger partial charge in [0.25, 0.3) is 11.5 Å². The molecule has 0 spiro atoms. The van der Waals surface area contributed by atoms with Crippen molar-refractivity contribution in [2.24, 2.45) is 4.99 Å². The molecule has 0 aliphatic carbocycles. The second kappa shape index (κ2) is 11.2. The van der Waals surface area contributed by atoms with Crippen LogP contribution in [0, 0.1) is 11.3 Å². The average Bonchev–Trinajstić information content (AvgIpc) is 3.26. The number of carbonyl (C=O) groups excluding carboxylic acids is 1. The van der Waals surface area contributed by atoms with Gasteiger partial charge in [0.15, 0.2) is 11.4 Å². The molecule has 9 heteroatoms. The summed E-state index contributed by atoms with van der Waals surface area (Å²) in [6.45, 7) is 1.66. The number of rotatable bonds is 7. The van der Waals surface area contributed by atoms with Crippen molar-refractivity contribution in [2.45, 2.75) is 13.0 Å². The zero-order valence-corrected chi connectivity index (χ0v) is 22.1. The lowest BCUT2D eigenvalue weighted by molar-refractivity contribution is -0.113. The Morgan fingerprint density at radius 1 is 1.13 bits per heavy atom. The van der Waals surface area contributed by atoms with E-state index in [1.54, 1.807) is 48.9 Å². The monoisotopic (exact) mass is 536 g/mol. The highest BCUT2D eigenvalue weighted by Gasteiger charge is 2.32. The first-order valence-electron chi connectivity index (χ1n) is 12.1. The minimum absolute atomic E-state index is 0.110. The number of carbonyl (C=O) groups is 1. The van der Waals surface area contributed by atoms with Crippen LogP contribution < -0.4 is 29.7 Å². The van der Waals surface area contributed by atoms with Crippen molar-refractivity contribution in [1.82, 2.24) is 4.57 Å². The number of hydrogen-bond acceptors (Lipinski definition) is 7. The number of thiazole rings is 1.